The molecule has 1 aliphatic rings. The molecule has 0 bridgehead atoms. The van der Waals surface area contributed by atoms with E-state index in [2.05, 4.69) is 0 Å². The van der Waals surface area contributed by atoms with Crippen LogP contribution in [-0.4, -0.2) is 18.2 Å². The van der Waals surface area contributed by atoms with E-state index in [0.717, 1.165) is 0 Å². The van der Waals surface area contributed by atoms with Crippen LogP contribution in [0.25, 0.3) is 0 Å². The minimum atomic E-state index is -0.496. The van der Waals surface area contributed by atoms with E-state index in [4.69, 9.17) is 0 Å². The second-order valence-electron chi connectivity index (χ2n) is 3.56. The first-order valence-corrected chi connectivity index (χ1v) is 4.70. The van der Waals surface area contributed by atoms with Crippen LogP contribution in [0.15, 0.2) is 18.2 Å². The summed E-state index contributed by atoms with van der Waals surface area (Å²) in [5.74, 6) is -1.21. The Morgan fingerprint density at radius 3 is 2.60 bits per heavy atom. The maximum Gasteiger partial charge on any atom is 0.294 e. The number of Topliss-reactive ketones (excluding diaryl/α,β-unsaturated/α-hetero) is 1. The molecule has 0 radical (unpaired) electrons. The van der Waals surface area contributed by atoms with E-state index < -0.39 is 5.91 Å². The Morgan fingerprint density at radius 2 is 2.07 bits per heavy atom. The largest absolute Gasteiger partial charge is 0.305 e. The third-order valence-electron chi connectivity index (χ3n) is 2.50. The van der Waals surface area contributed by atoms with Gasteiger partial charge in [-0.15, -0.1) is 0 Å². The molecule has 2 rings (SSSR count). The fourth-order valence-corrected chi connectivity index (χ4v) is 1.72. The van der Waals surface area contributed by atoms with E-state index in [0.29, 0.717) is 17.8 Å². The summed E-state index contributed by atoms with van der Waals surface area (Å²) in [5, 5.41) is 0. The molecule has 1 aliphatic heterocycles. The number of rotatable bonds is 1. The Labute approximate surface area is 86.5 Å². The standard InChI is InChI=1S/C11H10FNO2/c1-7-6-8(12)2-3-9(7)13-5-4-10(14)11(13)15/h2-3,6H,4-5H2,1H3. The van der Waals surface area contributed by atoms with E-state index in [1.54, 1.807) is 6.92 Å². The first-order chi connectivity index (χ1) is 7.09. The molecule has 0 saturated carbocycles. The van der Waals surface area contributed by atoms with Gasteiger partial charge in [0.05, 0.1) is 0 Å². The predicted molar refractivity (Wildman–Crippen MR) is 53.1 cm³/mol. The molecular weight excluding hydrogens is 197 g/mol. The van der Waals surface area contributed by atoms with Gasteiger partial charge in [-0.25, -0.2) is 4.39 Å². The van der Waals surface area contributed by atoms with Crippen molar-refractivity contribution < 1.29 is 14.0 Å². The second kappa shape index (κ2) is 3.46. The number of nitrogens with zero attached hydrogens (tertiary/aromatic N) is 1. The molecule has 1 amide bonds. The molecule has 0 atom stereocenters. The van der Waals surface area contributed by atoms with Crippen molar-refractivity contribution in [2.75, 3.05) is 11.4 Å². The van der Waals surface area contributed by atoms with Crippen molar-refractivity contribution >= 4 is 17.4 Å². The molecule has 4 heteroatoms. The molecule has 1 aromatic rings. The van der Waals surface area contributed by atoms with E-state index in [1.807, 2.05) is 0 Å². The number of carbonyl (C=O) groups excluding carboxylic acids is 2. The Balaban J connectivity index is 2.38. The average molecular weight is 207 g/mol. The second-order valence-corrected chi connectivity index (χ2v) is 3.56. The third kappa shape index (κ3) is 1.63. The van der Waals surface area contributed by atoms with Gasteiger partial charge in [0.1, 0.15) is 5.82 Å². The highest BCUT2D eigenvalue weighted by Gasteiger charge is 2.30. The molecule has 1 aromatic carbocycles. The molecule has 0 N–H and O–H groups in total. The molecule has 0 aliphatic carbocycles. The van der Waals surface area contributed by atoms with E-state index >= 15 is 0 Å². The van der Waals surface area contributed by atoms with E-state index in [-0.39, 0.29) is 18.0 Å². The van der Waals surface area contributed by atoms with Crippen LogP contribution in [0.2, 0.25) is 0 Å². The zero-order chi connectivity index (χ0) is 11.0. The molecule has 15 heavy (non-hydrogen) atoms. The summed E-state index contributed by atoms with van der Waals surface area (Å²) in [4.78, 5) is 23.9. The summed E-state index contributed by atoms with van der Waals surface area (Å²) < 4.78 is 12.8. The lowest BCUT2D eigenvalue weighted by Crippen LogP contribution is -2.27. The number of hydrogen-bond donors (Lipinski definition) is 0. The van der Waals surface area contributed by atoms with Crippen molar-refractivity contribution in [3.8, 4) is 0 Å². The normalized spacial score (nSPS) is 16.3. The number of aryl methyl sites for hydroxylation is 1. The SMILES string of the molecule is Cc1cc(F)ccc1N1CCC(=O)C1=O. The first-order valence-electron chi connectivity index (χ1n) is 4.70. The zero-order valence-corrected chi connectivity index (χ0v) is 8.29. The maximum absolute atomic E-state index is 12.8. The lowest BCUT2D eigenvalue weighted by molar-refractivity contribution is -0.133. The van der Waals surface area contributed by atoms with Gasteiger partial charge in [-0.05, 0) is 30.7 Å². The molecule has 78 valence electrons. The van der Waals surface area contributed by atoms with E-state index in [1.165, 1.54) is 23.1 Å². The van der Waals surface area contributed by atoms with Crippen molar-refractivity contribution in [1.82, 2.24) is 0 Å². The Kier molecular flexibility index (Phi) is 2.26. The van der Waals surface area contributed by atoms with Crippen LogP contribution in [-0.2, 0) is 9.59 Å². The van der Waals surface area contributed by atoms with Gasteiger partial charge in [-0.1, -0.05) is 0 Å². The summed E-state index contributed by atoms with van der Waals surface area (Å²) in [6, 6.07) is 4.17. The van der Waals surface area contributed by atoms with Gasteiger partial charge in [0.2, 0.25) is 5.78 Å². The zero-order valence-electron chi connectivity index (χ0n) is 8.29. The summed E-state index contributed by atoms with van der Waals surface area (Å²) >= 11 is 0. The summed E-state index contributed by atoms with van der Waals surface area (Å²) in [6.07, 6.45) is 0.246. The molecule has 1 fully saturated rings. The van der Waals surface area contributed by atoms with Crippen molar-refractivity contribution in [2.24, 2.45) is 0 Å². The summed E-state index contributed by atoms with van der Waals surface area (Å²) in [6.45, 7) is 2.11. The third-order valence-corrected chi connectivity index (χ3v) is 2.50. The van der Waals surface area contributed by atoms with Crippen LogP contribution in [0.4, 0.5) is 10.1 Å². The number of hydrogen-bond acceptors (Lipinski definition) is 2. The number of halogens is 1. The lowest BCUT2D eigenvalue weighted by Gasteiger charge is -2.16. The summed E-state index contributed by atoms with van der Waals surface area (Å²) in [7, 11) is 0. The quantitative estimate of drug-likeness (QED) is 0.653. The number of anilines is 1. The smallest absolute Gasteiger partial charge is 0.294 e. The minimum Gasteiger partial charge on any atom is -0.305 e. The van der Waals surface area contributed by atoms with E-state index in [9.17, 15) is 14.0 Å². The number of ketones is 1. The molecule has 1 saturated heterocycles. The van der Waals surface area contributed by atoms with Crippen LogP contribution in [0.5, 0.6) is 0 Å². The lowest BCUT2D eigenvalue weighted by atomic mass is 10.2. The minimum absolute atomic E-state index is 0.246. The van der Waals surface area contributed by atoms with Crippen LogP contribution >= 0.6 is 0 Å². The van der Waals surface area contributed by atoms with Gasteiger partial charge in [0, 0.05) is 18.7 Å². The van der Waals surface area contributed by atoms with Crippen molar-refractivity contribution in [2.45, 2.75) is 13.3 Å². The number of amides is 1. The highest BCUT2D eigenvalue weighted by Crippen LogP contribution is 2.24. The predicted octanol–water partition coefficient (Wildman–Crippen LogP) is 1.44. The molecule has 0 aromatic heterocycles. The van der Waals surface area contributed by atoms with Crippen molar-refractivity contribution in [1.29, 1.82) is 0 Å². The molecular formula is C11H10FNO2. The Bertz CT molecular complexity index is 442. The van der Waals surface area contributed by atoms with Crippen LogP contribution in [0, 0.1) is 12.7 Å². The van der Waals surface area contributed by atoms with Gasteiger partial charge in [-0.2, -0.15) is 0 Å². The fourth-order valence-electron chi connectivity index (χ4n) is 1.72. The highest BCUT2D eigenvalue weighted by atomic mass is 19.1. The van der Waals surface area contributed by atoms with Gasteiger partial charge >= 0.3 is 0 Å². The van der Waals surface area contributed by atoms with Gasteiger partial charge in [0.25, 0.3) is 5.91 Å². The Hall–Kier alpha value is -1.71. The molecule has 0 unspecified atom stereocenters. The number of benzene rings is 1. The van der Waals surface area contributed by atoms with Crippen molar-refractivity contribution in [3.63, 3.8) is 0 Å². The average Bonchev–Trinajstić information content (AvgIpc) is 2.49. The topological polar surface area (TPSA) is 37.4 Å². The van der Waals surface area contributed by atoms with Crippen LogP contribution < -0.4 is 4.90 Å². The van der Waals surface area contributed by atoms with Gasteiger partial charge in [0.15, 0.2) is 0 Å². The Morgan fingerprint density at radius 1 is 1.33 bits per heavy atom. The van der Waals surface area contributed by atoms with Gasteiger partial charge < -0.3 is 4.90 Å². The fraction of sp³-hybridized carbons (Fsp3) is 0.273. The molecule has 0 spiro atoms. The monoisotopic (exact) mass is 207 g/mol. The maximum atomic E-state index is 12.8. The van der Waals surface area contributed by atoms with Crippen LogP contribution in [0.3, 0.4) is 0 Å². The number of carbonyl (C=O) groups is 2. The van der Waals surface area contributed by atoms with Gasteiger partial charge in [-0.3, -0.25) is 9.59 Å². The highest BCUT2D eigenvalue weighted by molar-refractivity contribution is 6.43. The molecule has 1 heterocycles. The van der Waals surface area contributed by atoms with Crippen LogP contribution in [0.1, 0.15) is 12.0 Å². The first kappa shape index (κ1) is 9.83. The van der Waals surface area contributed by atoms with Crippen molar-refractivity contribution in [3.05, 3.63) is 29.6 Å². The molecule has 3 nitrogen and oxygen atoms in total. The summed E-state index contributed by atoms with van der Waals surface area (Å²) in [5.41, 5.74) is 1.28.